The van der Waals surface area contributed by atoms with Gasteiger partial charge >= 0.3 is 6.01 Å². The Morgan fingerprint density at radius 3 is 2.67 bits per heavy atom. The third-order valence-corrected chi connectivity index (χ3v) is 6.94. The van der Waals surface area contributed by atoms with Crippen LogP contribution in [0.2, 0.25) is 5.02 Å². The van der Waals surface area contributed by atoms with E-state index in [-0.39, 0.29) is 48.4 Å². The maximum atomic E-state index is 14.5. The Morgan fingerprint density at radius 1 is 1.15 bits per heavy atom. The van der Waals surface area contributed by atoms with E-state index in [0.717, 1.165) is 0 Å². The normalized spacial score (nSPS) is 16.8. The van der Waals surface area contributed by atoms with E-state index < -0.39 is 29.8 Å². The molecule has 0 unspecified atom stereocenters. The number of halogens is 3. The van der Waals surface area contributed by atoms with Gasteiger partial charge in [0.1, 0.15) is 30.3 Å². The molecule has 0 radical (unpaired) electrons. The summed E-state index contributed by atoms with van der Waals surface area (Å²) in [4.78, 5) is 47.9. The van der Waals surface area contributed by atoms with E-state index in [9.17, 15) is 23.2 Å². The van der Waals surface area contributed by atoms with Crippen LogP contribution in [0.25, 0.3) is 10.9 Å². The van der Waals surface area contributed by atoms with E-state index in [1.807, 2.05) is 0 Å². The number of nitrogens with one attached hydrogen (secondary N) is 1. The number of hydrogen-bond donors (Lipinski definition) is 1. The number of amides is 2. The van der Waals surface area contributed by atoms with Crippen LogP contribution in [-0.2, 0) is 22.7 Å². The average Bonchev–Trinajstić information content (AvgIpc) is 3.50. The smallest absolute Gasteiger partial charge is 0.321 e. The van der Waals surface area contributed by atoms with Crippen LogP contribution in [0.15, 0.2) is 61.1 Å². The minimum Gasteiger partial charge on any atom is -0.424 e. The number of aromatic nitrogens is 3. The molecule has 4 aromatic rings. The highest BCUT2D eigenvalue weighted by atomic mass is 35.5. The highest BCUT2D eigenvalue weighted by Crippen LogP contribution is 2.29. The first-order valence-corrected chi connectivity index (χ1v) is 12.8. The van der Waals surface area contributed by atoms with Crippen molar-refractivity contribution in [3.63, 3.8) is 0 Å². The van der Waals surface area contributed by atoms with Gasteiger partial charge in [0.2, 0.25) is 11.8 Å². The second-order valence-corrected chi connectivity index (χ2v) is 9.77. The lowest BCUT2D eigenvalue weighted by atomic mass is 10.1. The monoisotopic (exact) mass is 567 g/mol. The number of alkyl halides is 1. The van der Waals surface area contributed by atoms with E-state index in [1.165, 1.54) is 36.4 Å². The first-order valence-electron chi connectivity index (χ1n) is 12.4. The van der Waals surface area contributed by atoms with Crippen molar-refractivity contribution in [1.82, 2.24) is 24.8 Å². The molecule has 1 saturated heterocycles. The molecule has 1 fully saturated rings. The summed E-state index contributed by atoms with van der Waals surface area (Å²) < 4.78 is 35.9. The van der Waals surface area contributed by atoms with Crippen molar-refractivity contribution in [2.75, 3.05) is 6.54 Å². The average molecular weight is 568 g/mol. The molecule has 2 aromatic carbocycles. The number of hydrogen-bond acceptors (Lipinski definition) is 6. The van der Waals surface area contributed by atoms with E-state index in [0.29, 0.717) is 22.2 Å². The van der Waals surface area contributed by atoms with Crippen molar-refractivity contribution in [2.24, 2.45) is 0 Å². The molecule has 3 heterocycles. The summed E-state index contributed by atoms with van der Waals surface area (Å²) in [5, 5.41) is 3.10. The molecule has 2 atom stereocenters. The summed E-state index contributed by atoms with van der Waals surface area (Å²) in [7, 11) is 0. The molecular formula is C28H24ClF2N5O4. The third-order valence-electron chi connectivity index (χ3n) is 6.65. The van der Waals surface area contributed by atoms with E-state index in [4.69, 9.17) is 16.3 Å². The molecule has 0 aliphatic carbocycles. The Labute approximate surface area is 232 Å². The number of likely N-dealkylation sites (tertiary alicyclic amines) is 1. The first kappa shape index (κ1) is 27.2. The largest absolute Gasteiger partial charge is 0.424 e. The van der Waals surface area contributed by atoms with Crippen molar-refractivity contribution >= 4 is 40.1 Å². The van der Waals surface area contributed by atoms with Crippen LogP contribution in [0.3, 0.4) is 0 Å². The number of carbonyl (C=O) groups excluding carboxylic acids is 3. The van der Waals surface area contributed by atoms with Gasteiger partial charge in [-0.05, 0) is 31.2 Å². The number of fused-ring (bicyclic) bond motifs is 1. The Balaban J connectivity index is 1.36. The molecule has 1 N–H and O–H groups in total. The Hall–Kier alpha value is -4.38. The number of benzene rings is 2. The van der Waals surface area contributed by atoms with E-state index in [1.54, 1.807) is 41.1 Å². The molecule has 9 nitrogen and oxygen atoms in total. The minimum absolute atomic E-state index is 0.0815. The maximum Gasteiger partial charge on any atom is 0.321 e. The lowest BCUT2D eigenvalue weighted by Gasteiger charge is -2.24. The standard InChI is InChI=1S/C28H24ClF2N5O4/c1-16(37)21-14-35(23-11-19(6-7-20(21)23)40-28-32-8-3-9-33-28)15-25(38)36-13-18(30)10-24(36)27(39)34-12-17-4-2-5-22(29)26(17)31/h2-9,11,14,18,24H,10,12-13,15H2,1H3,(H,34,39)/t18-,24+/m1/s1. The van der Waals surface area contributed by atoms with Crippen LogP contribution in [0.4, 0.5) is 8.78 Å². The van der Waals surface area contributed by atoms with Crippen molar-refractivity contribution in [3.8, 4) is 11.8 Å². The van der Waals surface area contributed by atoms with Crippen molar-refractivity contribution in [3.05, 3.63) is 83.0 Å². The zero-order valence-corrected chi connectivity index (χ0v) is 22.1. The van der Waals surface area contributed by atoms with Gasteiger partial charge in [-0.25, -0.2) is 18.7 Å². The SMILES string of the molecule is CC(=O)c1cn(CC(=O)N2C[C@H](F)C[C@H]2C(=O)NCc2cccc(Cl)c2F)c2cc(Oc3ncccn3)ccc12. The summed E-state index contributed by atoms with van der Waals surface area (Å²) in [6, 6.07) is 10.1. The number of ketones is 1. The van der Waals surface area contributed by atoms with E-state index in [2.05, 4.69) is 15.3 Å². The highest BCUT2D eigenvalue weighted by Gasteiger charge is 2.39. The molecule has 206 valence electrons. The highest BCUT2D eigenvalue weighted by molar-refractivity contribution is 6.30. The van der Waals surface area contributed by atoms with E-state index >= 15 is 0 Å². The van der Waals surface area contributed by atoms with Crippen LogP contribution in [0.1, 0.15) is 29.3 Å². The third kappa shape index (κ3) is 5.64. The predicted molar refractivity (Wildman–Crippen MR) is 142 cm³/mol. The summed E-state index contributed by atoms with van der Waals surface area (Å²) in [6.07, 6.45) is 3.02. The fourth-order valence-electron chi connectivity index (χ4n) is 4.72. The number of ether oxygens (including phenoxy) is 1. The molecule has 12 heteroatoms. The molecule has 0 bridgehead atoms. The predicted octanol–water partition coefficient (Wildman–Crippen LogP) is 4.47. The number of carbonyl (C=O) groups is 3. The number of rotatable bonds is 8. The molecular weight excluding hydrogens is 544 g/mol. The van der Waals surface area contributed by atoms with Crippen molar-refractivity contribution in [1.29, 1.82) is 0 Å². The van der Waals surface area contributed by atoms with Gasteiger partial charge in [-0.3, -0.25) is 14.4 Å². The summed E-state index contributed by atoms with van der Waals surface area (Å²) in [5.41, 5.74) is 1.09. The topological polar surface area (TPSA) is 106 Å². The van der Waals surface area contributed by atoms with Gasteiger partial charge in [0.15, 0.2) is 5.78 Å². The number of nitrogens with zero attached hydrogens (tertiary/aromatic N) is 4. The van der Waals surface area contributed by atoms with Gasteiger partial charge < -0.3 is 19.5 Å². The Morgan fingerprint density at radius 2 is 1.93 bits per heavy atom. The lowest BCUT2D eigenvalue weighted by molar-refractivity contribution is -0.139. The van der Waals surface area contributed by atoms with Gasteiger partial charge in [-0.1, -0.05) is 23.7 Å². The second-order valence-electron chi connectivity index (χ2n) is 9.36. The van der Waals surface area contributed by atoms with Gasteiger partial charge in [-0.2, -0.15) is 0 Å². The lowest BCUT2D eigenvalue weighted by Crippen LogP contribution is -2.46. The minimum atomic E-state index is -1.40. The van der Waals surface area contributed by atoms with Gasteiger partial charge in [0.05, 0.1) is 17.1 Å². The van der Waals surface area contributed by atoms with Crippen LogP contribution in [0.5, 0.6) is 11.8 Å². The number of Topliss-reactive ketones (excluding diaryl/α,β-unsaturated/α-hetero) is 1. The fourth-order valence-corrected chi connectivity index (χ4v) is 4.91. The van der Waals surface area contributed by atoms with Crippen LogP contribution < -0.4 is 10.1 Å². The van der Waals surface area contributed by atoms with Crippen molar-refractivity contribution < 1.29 is 27.9 Å². The van der Waals surface area contributed by atoms with Gasteiger partial charge in [0.25, 0.3) is 0 Å². The molecule has 1 aliphatic rings. The van der Waals surface area contributed by atoms with Crippen LogP contribution >= 0.6 is 11.6 Å². The zero-order chi connectivity index (χ0) is 28.4. The van der Waals surface area contributed by atoms with Crippen LogP contribution in [0, 0.1) is 5.82 Å². The first-order chi connectivity index (χ1) is 19.2. The maximum absolute atomic E-state index is 14.5. The Bertz CT molecular complexity index is 1600. The second kappa shape index (κ2) is 11.4. The molecule has 2 amide bonds. The summed E-state index contributed by atoms with van der Waals surface area (Å²) in [6.45, 7) is 0.731. The summed E-state index contributed by atoms with van der Waals surface area (Å²) in [5.74, 6) is -1.59. The zero-order valence-electron chi connectivity index (χ0n) is 21.3. The Kier molecular flexibility index (Phi) is 7.74. The molecule has 5 rings (SSSR count). The van der Waals surface area contributed by atoms with Gasteiger partial charge in [0, 0.05) is 54.1 Å². The molecule has 0 spiro atoms. The summed E-state index contributed by atoms with van der Waals surface area (Å²) >= 11 is 5.80. The van der Waals surface area contributed by atoms with Crippen molar-refractivity contribution in [2.45, 2.75) is 38.6 Å². The van der Waals surface area contributed by atoms with Gasteiger partial charge in [-0.15, -0.1) is 0 Å². The fraction of sp³-hybridized carbons (Fsp3) is 0.250. The molecule has 2 aromatic heterocycles. The molecule has 40 heavy (non-hydrogen) atoms. The van der Waals surface area contributed by atoms with Crippen LogP contribution in [-0.4, -0.2) is 55.8 Å². The molecule has 1 aliphatic heterocycles. The quantitative estimate of drug-likeness (QED) is 0.315. The molecule has 0 saturated carbocycles.